The van der Waals surface area contributed by atoms with Crippen LogP contribution in [-0.2, 0) is 0 Å². The first-order valence-electron chi connectivity index (χ1n) is 6.20. The summed E-state index contributed by atoms with van der Waals surface area (Å²) in [6.07, 6.45) is 0. The smallest absolute Gasteiger partial charge is 0.144 e. The Balaban J connectivity index is 0.000000686. The number of benzene rings is 1. The van der Waals surface area contributed by atoms with Gasteiger partial charge in [-0.15, -0.1) is 0 Å². The summed E-state index contributed by atoms with van der Waals surface area (Å²) in [7, 11) is 1.68. The highest BCUT2D eigenvalue weighted by Crippen LogP contribution is 2.30. The van der Waals surface area contributed by atoms with Gasteiger partial charge in [0.2, 0.25) is 0 Å². The number of hydrogen-bond donors (Lipinski definition) is 2. The highest BCUT2D eigenvalue weighted by atomic mass is 16.5. The second-order valence-corrected chi connectivity index (χ2v) is 3.67. The molecule has 1 aromatic rings. The monoisotopic (exact) mass is 237 g/mol. The first-order valence-corrected chi connectivity index (χ1v) is 6.20. The van der Waals surface area contributed by atoms with Crippen molar-refractivity contribution in [2.45, 2.75) is 13.8 Å². The number of hydrogen-bond acceptors (Lipinski definition) is 4. The van der Waals surface area contributed by atoms with Gasteiger partial charge in [0, 0.05) is 37.9 Å². The number of nitrogens with one attached hydrogen (secondary N) is 1. The van der Waals surface area contributed by atoms with Gasteiger partial charge in [-0.1, -0.05) is 13.8 Å². The Bertz CT molecular complexity index is 335. The third-order valence-corrected chi connectivity index (χ3v) is 2.66. The minimum atomic E-state index is 0.741. The Hall–Kier alpha value is -1.42. The molecule has 0 aliphatic carbocycles. The minimum absolute atomic E-state index is 0.741. The lowest BCUT2D eigenvalue weighted by Gasteiger charge is -2.30. The minimum Gasteiger partial charge on any atom is -0.495 e. The molecule has 4 heteroatoms. The molecule has 0 spiro atoms. The zero-order chi connectivity index (χ0) is 12.7. The van der Waals surface area contributed by atoms with Crippen molar-refractivity contribution < 1.29 is 4.74 Å². The molecule has 1 aromatic carbocycles. The molecule has 0 bridgehead atoms. The lowest BCUT2D eigenvalue weighted by atomic mass is 10.2. The third-order valence-electron chi connectivity index (χ3n) is 2.66. The predicted molar refractivity (Wildman–Crippen MR) is 73.8 cm³/mol. The van der Waals surface area contributed by atoms with E-state index in [9.17, 15) is 0 Å². The molecule has 17 heavy (non-hydrogen) atoms. The number of nitrogens with zero attached hydrogens (tertiary/aromatic N) is 1. The van der Waals surface area contributed by atoms with Crippen LogP contribution in [0.4, 0.5) is 11.4 Å². The molecule has 1 fully saturated rings. The highest BCUT2D eigenvalue weighted by molar-refractivity contribution is 5.64. The third kappa shape index (κ3) is 3.53. The van der Waals surface area contributed by atoms with Crippen molar-refractivity contribution in [2.24, 2.45) is 0 Å². The second-order valence-electron chi connectivity index (χ2n) is 3.67. The quantitative estimate of drug-likeness (QED) is 0.769. The molecule has 0 radical (unpaired) electrons. The number of nitrogen functional groups attached to an aromatic ring is 1. The topological polar surface area (TPSA) is 50.5 Å². The van der Waals surface area contributed by atoms with E-state index in [2.05, 4.69) is 10.2 Å². The zero-order valence-corrected chi connectivity index (χ0v) is 11.0. The zero-order valence-electron chi connectivity index (χ0n) is 11.0. The molecule has 0 amide bonds. The van der Waals surface area contributed by atoms with Crippen molar-refractivity contribution in [3.63, 3.8) is 0 Å². The van der Waals surface area contributed by atoms with E-state index in [1.54, 1.807) is 7.11 Å². The Morgan fingerprint density at radius 2 is 1.88 bits per heavy atom. The van der Waals surface area contributed by atoms with E-state index >= 15 is 0 Å². The summed E-state index contributed by atoms with van der Waals surface area (Å²) in [6.45, 7) is 8.07. The van der Waals surface area contributed by atoms with Gasteiger partial charge in [-0.25, -0.2) is 0 Å². The van der Waals surface area contributed by atoms with Crippen molar-refractivity contribution >= 4 is 11.4 Å². The molecular weight excluding hydrogens is 214 g/mol. The largest absolute Gasteiger partial charge is 0.495 e. The SMILES string of the molecule is CC.COc1cc(N)ccc1N1CCNCC1. The van der Waals surface area contributed by atoms with E-state index in [4.69, 9.17) is 10.5 Å². The molecule has 1 heterocycles. The number of anilines is 2. The van der Waals surface area contributed by atoms with Crippen LogP contribution in [0.5, 0.6) is 5.75 Å². The highest BCUT2D eigenvalue weighted by Gasteiger charge is 2.14. The summed E-state index contributed by atoms with van der Waals surface area (Å²) in [6, 6.07) is 5.82. The molecular formula is C13H23N3O. The molecule has 0 unspecified atom stereocenters. The van der Waals surface area contributed by atoms with Crippen LogP contribution >= 0.6 is 0 Å². The summed E-state index contributed by atoms with van der Waals surface area (Å²) in [5.74, 6) is 0.858. The lowest BCUT2D eigenvalue weighted by Crippen LogP contribution is -2.43. The van der Waals surface area contributed by atoms with Gasteiger partial charge in [-0.2, -0.15) is 0 Å². The second kappa shape index (κ2) is 7.01. The summed E-state index contributed by atoms with van der Waals surface area (Å²) in [5.41, 5.74) is 7.60. The number of ether oxygens (including phenoxy) is 1. The van der Waals surface area contributed by atoms with Crippen molar-refractivity contribution in [2.75, 3.05) is 43.9 Å². The standard InChI is InChI=1S/C11H17N3O.C2H6/c1-15-11-8-9(12)2-3-10(11)14-6-4-13-5-7-14;1-2/h2-3,8,13H,4-7,12H2,1H3;1-2H3. The summed E-state index contributed by atoms with van der Waals surface area (Å²) in [5, 5.41) is 3.33. The Morgan fingerprint density at radius 1 is 1.24 bits per heavy atom. The maximum Gasteiger partial charge on any atom is 0.144 e. The molecule has 0 aromatic heterocycles. The predicted octanol–water partition coefficient (Wildman–Crippen LogP) is 1.71. The number of piperazine rings is 1. The van der Waals surface area contributed by atoms with Crippen LogP contribution in [0.3, 0.4) is 0 Å². The van der Waals surface area contributed by atoms with Gasteiger partial charge < -0.3 is 20.7 Å². The van der Waals surface area contributed by atoms with E-state index in [-0.39, 0.29) is 0 Å². The fraction of sp³-hybridized carbons (Fsp3) is 0.538. The molecule has 0 atom stereocenters. The first-order chi connectivity index (χ1) is 8.31. The van der Waals surface area contributed by atoms with Gasteiger partial charge >= 0.3 is 0 Å². The molecule has 0 saturated carbocycles. The maximum atomic E-state index is 5.72. The molecule has 3 N–H and O–H groups in total. The van der Waals surface area contributed by atoms with E-state index < -0.39 is 0 Å². The summed E-state index contributed by atoms with van der Waals surface area (Å²) in [4.78, 5) is 2.31. The Labute approximate surface area is 104 Å². The fourth-order valence-electron chi connectivity index (χ4n) is 1.86. The number of nitrogens with two attached hydrogens (primary N) is 1. The average Bonchev–Trinajstić information content (AvgIpc) is 2.42. The number of rotatable bonds is 2. The summed E-state index contributed by atoms with van der Waals surface area (Å²) >= 11 is 0. The molecule has 96 valence electrons. The molecule has 4 nitrogen and oxygen atoms in total. The molecule has 1 saturated heterocycles. The van der Waals surface area contributed by atoms with Crippen molar-refractivity contribution in [3.05, 3.63) is 18.2 Å². The van der Waals surface area contributed by atoms with Crippen LogP contribution in [0.1, 0.15) is 13.8 Å². The van der Waals surface area contributed by atoms with Crippen LogP contribution < -0.4 is 20.7 Å². The van der Waals surface area contributed by atoms with Gasteiger partial charge in [0.25, 0.3) is 0 Å². The van der Waals surface area contributed by atoms with Crippen LogP contribution in [0.15, 0.2) is 18.2 Å². The van der Waals surface area contributed by atoms with E-state index in [0.717, 1.165) is 43.3 Å². The Kier molecular flexibility index (Phi) is 5.63. The normalized spacial score (nSPS) is 14.9. The van der Waals surface area contributed by atoms with E-state index in [1.165, 1.54) is 0 Å². The van der Waals surface area contributed by atoms with Gasteiger partial charge in [0.05, 0.1) is 12.8 Å². The van der Waals surface area contributed by atoms with Gasteiger partial charge in [-0.05, 0) is 12.1 Å². The first kappa shape index (κ1) is 13.6. The molecule has 1 aliphatic heterocycles. The van der Waals surface area contributed by atoms with E-state index in [0.29, 0.717) is 0 Å². The van der Waals surface area contributed by atoms with Crippen LogP contribution in [0.25, 0.3) is 0 Å². The summed E-state index contributed by atoms with van der Waals surface area (Å²) < 4.78 is 5.34. The fourth-order valence-corrected chi connectivity index (χ4v) is 1.86. The van der Waals surface area contributed by atoms with E-state index in [1.807, 2.05) is 32.0 Å². The maximum absolute atomic E-state index is 5.72. The molecule has 2 rings (SSSR count). The number of methoxy groups -OCH3 is 1. The van der Waals surface area contributed by atoms with Crippen molar-refractivity contribution in [1.82, 2.24) is 5.32 Å². The van der Waals surface area contributed by atoms with Crippen LogP contribution in [-0.4, -0.2) is 33.3 Å². The van der Waals surface area contributed by atoms with Gasteiger partial charge in [0.1, 0.15) is 5.75 Å². The van der Waals surface area contributed by atoms with Crippen molar-refractivity contribution in [3.8, 4) is 5.75 Å². The lowest BCUT2D eigenvalue weighted by molar-refractivity contribution is 0.413. The van der Waals surface area contributed by atoms with Crippen LogP contribution in [0, 0.1) is 0 Å². The average molecular weight is 237 g/mol. The van der Waals surface area contributed by atoms with Gasteiger partial charge in [0.15, 0.2) is 0 Å². The molecule has 1 aliphatic rings. The van der Waals surface area contributed by atoms with Crippen molar-refractivity contribution in [1.29, 1.82) is 0 Å². The van der Waals surface area contributed by atoms with Gasteiger partial charge in [-0.3, -0.25) is 0 Å². The van der Waals surface area contributed by atoms with Crippen LogP contribution in [0.2, 0.25) is 0 Å². The Morgan fingerprint density at radius 3 is 2.47 bits per heavy atom.